The second-order valence-electron chi connectivity index (χ2n) is 8.56. The van der Waals surface area contributed by atoms with Gasteiger partial charge in [0.15, 0.2) is 5.78 Å². The van der Waals surface area contributed by atoms with Gasteiger partial charge < -0.3 is 4.90 Å². The molecule has 0 radical (unpaired) electrons. The predicted molar refractivity (Wildman–Crippen MR) is 117 cm³/mol. The third-order valence-corrected chi connectivity index (χ3v) is 6.03. The molecule has 0 spiro atoms. The van der Waals surface area contributed by atoms with Crippen molar-refractivity contribution in [3.05, 3.63) is 42.3 Å². The van der Waals surface area contributed by atoms with Crippen molar-refractivity contribution in [2.75, 3.05) is 13.1 Å². The van der Waals surface area contributed by atoms with Crippen LogP contribution in [0.15, 0.2) is 46.7 Å². The number of carbonyl (C=O) groups is 3. The number of hydrogen-bond acceptors (Lipinski definition) is 5. The third kappa shape index (κ3) is 4.78. The zero-order valence-electron chi connectivity index (χ0n) is 17.9. The van der Waals surface area contributed by atoms with Gasteiger partial charge in [0.25, 0.3) is 5.91 Å². The summed E-state index contributed by atoms with van der Waals surface area (Å²) < 4.78 is 1.63. The molecule has 0 saturated carbocycles. The first-order chi connectivity index (χ1) is 14.9. The van der Waals surface area contributed by atoms with Crippen LogP contribution in [0, 0.1) is 17.8 Å². The molecule has 4 rings (SSSR count). The smallest absolute Gasteiger partial charge is 0.260 e. The fraction of sp³-hybridized carbons (Fsp3) is 0.478. The molecule has 1 unspecified atom stereocenters. The highest BCUT2D eigenvalue weighted by Crippen LogP contribution is 2.24. The number of hydrogen-bond donors (Lipinski definition) is 0. The van der Waals surface area contributed by atoms with E-state index in [-0.39, 0.29) is 35.4 Å². The molecule has 8 nitrogen and oxygen atoms in total. The lowest BCUT2D eigenvalue weighted by atomic mass is 9.89. The number of likely N-dealkylation sites (tertiary alicyclic amines) is 1. The zero-order chi connectivity index (χ0) is 22.0. The molecular weight excluding hydrogens is 394 g/mol. The van der Waals surface area contributed by atoms with Crippen LogP contribution in [0.3, 0.4) is 0 Å². The molecule has 0 aromatic carbocycles. The van der Waals surface area contributed by atoms with E-state index >= 15 is 0 Å². The summed E-state index contributed by atoms with van der Waals surface area (Å²) >= 11 is 0. The van der Waals surface area contributed by atoms with E-state index in [4.69, 9.17) is 0 Å². The number of ketones is 1. The third-order valence-electron chi connectivity index (χ3n) is 6.03. The Morgan fingerprint density at radius 1 is 1.19 bits per heavy atom. The van der Waals surface area contributed by atoms with Crippen molar-refractivity contribution >= 4 is 29.1 Å². The second kappa shape index (κ2) is 8.91. The van der Waals surface area contributed by atoms with Crippen LogP contribution < -0.4 is 0 Å². The number of allylic oxidation sites excluding steroid dienone is 3. The van der Waals surface area contributed by atoms with E-state index in [1.807, 2.05) is 30.1 Å². The van der Waals surface area contributed by atoms with Gasteiger partial charge in [-0.3, -0.25) is 19.1 Å². The molecule has 0 N–H and O–H groups in total. The van der Waals surface area contributed by atoms with E-state index in [0.717, 1.165) is 5.71 Å². The Balaban J connectivity index is 1.27. The lowest BCUT2D eigenvalue weighted by Gasteiger charge is -2.32. The summed E-state index contributed by atoms with van der Waals surface area (Å²) in [4.78, 5) is 48.0. The molecule has 8 heteroatoms. The van der Waals surface area contributed by atoms with Crippen molar-refractivity contribution in [1.29, 1.82) is 0 Å². The Labute approximate surface area is 181 Å². The number of Topliss-reactive ketones (excluding diaryl/α,β-unsaturated/α-hetero) is 1. The molecule has 1 fully saturated rings. The van der Waals surface area contributed by atoms with E-state index in [1.165, 1.54) is 0 Å². The van der Waals surface area contributed by atoms with Crippen LogP contribution in [0.2, 0.25) is 0 Å². The molecular formula is C23H27N5O3. The monoisotopic (exact) mass is 421 g/mol. The van der Waals surface area contributed by atoms with Crippen molar-refractivity contribution in [3.63, 3.8) is 0 Å². The van der Waals surface area contributed by atoms with Crippen molar-refractivity contribution in [3.8, 4) is 0 Å². The Bertz CT molecular complexity index is 1010. The van der Waals surface area contributed by atoms with Gasteiger partial charge in [-0.2, -0.15) is 10.1 Å². The van der Waals surface area contributed by atoms with Crippen LogP contribution in [0.4, 0.5) is 0 Å². The van der Waals surface area contributed by atoms with E-state index in [1.54, 1.807) is 30.2 Å². The molecule has 1 aliphatic carbocycles. The first-order valence-electron chi connectivity index (χ1n) is 10.8. The molecule has 1 aromatic heterocycles. The van der Waals surface area contributed by atoms with Gasteiger partial charge in [0.1, 0.15) is 11.8 Å². The van der Waals surface area contributed by atoms with E-state index in [9.17, 15) is 14.4 Å². The fourth-order valence-electron chi connectivity index (χ4n) is 4.30. The molecule has 162 valence electrons. The summed E-state index contributed by atoms with van der Waals surface area (Å²) in [7, 11) is 1.79. The van der Waals surface area contributed by atoms with Gasteiger partial charge in [0.05, 0.1) is 17.5 Å². The minimum absolute atomic E-state index is 0.0258. The van der Waals surface area contributed by atoms with Gasteiger partial charge in [-0.15, -0.1) is 0 Å². The number of aromatic nitrogens is 2. The number of aryl methyl sites for hydroxylation is 1. The molecule has 1 aromatic rings. The van der Waals surface area contributed by atoms with Gasteiger partial charge in [-0.1, -0.05) is 25.2 Å². The quantitative estimate of drug-likeness (QED) is 0.659. The number of carbonyl (C=O) groups excluding carboxylic acids is 3. The number of amidine groups is 1. The summed E-state index contributed by atoms with van der Waals surface area (Å²) in [5, 5.41) is 4.07. The van der Waals surface area contributed by atoms with Gasteiger partial charge in [0, 0.05) is 45.1 Å². The minimum atomic E-state index is -0.374. The summed E-state index contributed by atoms with van der Waals surface area (Å²) in [6, 6.07) is 0. The molecule has 31 heavy (non-hydrogen) atoms. The largest absolute Gasteiger partial charge is 0.343 e. The van der Waals surface area contributed by atoms with Crippen LogP contribution in [0.25, 0.3) is 0 Å². The first kappa shape index (κ1) is 21.1. The van der Waals surface area contributed by atoms with Gasteiger partial charge in [-0.25, -0.2) is 4.99 Å². The maximum absolute atomic E-state index is 12.8. The number of fused-ring (bicyclic) bond motifs is 1. The molecule has 3 aliphatic rings. The standard InChI is InChI=1S/C23H27N5O3/c1-15(11-20-25-19-6-4-3-5-18(19)23(31)26-20)12-21(29)28-9-7-16(8-10-28)22(30)17-13-24-27(2)14-17/h3-6,13-16,18H,7-12H2,1-2H3/t15-,18?/m0/s1. The lowest BCUT2D eigenvalue weighted by Crippen LogP contribution is -2.40. The highest BCUT2D eigenvalue weighted by atomic mass is 16.2. The van der Waals surface area contributed by atoms with Gasteiger partial charge in [0.2, 0.25) is 5.91 Å². The topological polar surface area (TPSA) is 97.0 Å². The Morgan fingerprint density at radius 3 is 2.68 bits per heavy atom. The summed E-state index contributed by atoms with van der Waals surface area (Å²) in [6.45, 7) is 3.15. The van der Waals surface area contributed by atoms with Gasteiger partial charge in [-0.05, 0) is 24.8 Å². The summed E-state index contributed by atoms with van der Waals surface area (Å²) in [5.74, 6) is 0.0803. The van der Waals surface area contributed by atoms with Crippen LogP contribution in [0.1, 0.15) is 43.0 Å². The van der Waals surface area contributed by atoms with Gasteiger partial charge >= 0.3 is 0 Å². The SMILES string of the molecule is C[C@H](CC(=O)N1CCC(C(=O)c2cnn(C)c2)CC1)CC1=NC(=O)C2C=CC=CC2=N1. The Kier molecular flexibility index (Phi) is 6.06. The number of piperidine rings is 1. The Hall–Kier alpha value is -3.16. The van der Waals surface area contributed by atoms with Crippen LogP contribution >= 0.6 is 0 Å². The highest BCUT2D eigenvalue weighted by molar-refractivity contribution is 6.21. The normalized spacial score (nSPS) is 22.1. The van der Waals surface area contributed by atoms with Crippen molar-refractivity contribution in [2.45, 2.75) is 32.6 Å². The van der Waals surface area contributed by atoms with Crippen molar-refractivity contribution in [1.82, 2.24) is 14.7 Å². The Morgan fingerprint density at radius 2 is 1.97 bits per heavy atom. The molecule has 0 bridgehead atoms. The fourth-order valence-corrected chi connectivity index (χ4v) is 4.30. The lowest BCUT2D eigenvalue weighted by molar-refractivity contribution is -0.133. The molecule has 2 atom stereocenters. The maximum atomic E-state index is 12.8. The van der Waals surface area contributed by atoms with Crippen molar-refractivity contribution < 1.29 is 14.4 Å². The minimum Gasteiger partial charge on any atom is -0.343 e. The zero-order valence-corrected chi connectivity index (χ0v) is 17.9. The average Bonchev–Trinajstić information content (AvgIpc) is 3.19. The van der Waals surface area contributed by atoms with E-state index in [2.05, 4.69) is 15.1 Å². The molecule has 1 saturated heterocycles. The first-order valence-corrected chi connectivity index (χ1v) is 10.8. The molecule has 2 amide bonds. The molecule has 3 heterocycles. The van der Waals surface area contributed by atoms with E-state index in [0.29, 0.717) is 50.2 Å². The maximum Gasteiger partial charge on any atom is 0.260 e. The van der Waals surface area contributed by atoms with E-state index < -0.39 is 0 Å². The van der Waals surface area contributed by atoms with Crippen molar-refractivity contribution in [2.24, 2.45) is 34.8 Å². The molecule has 2 aliphatic heterocycles. The van der Waals surface area contributed by atoms with Crippen LogP contribution in [-0.4, -0.2) is 56.9 Å². The second-order valence-corrected chi connectivity index (χ2v) is 8.56. The number of rotatable bonds is 6. The highest BCUT2D eigenvalue weighted by Gasteiger charge is 2.30. The number of aliphatic imine (C=N–C) groups is 2. The predicted octanol–water partition coefficient (Wildman–Crippen LogP) is 2.38. The number of nitrogens with zero attached hydrogens (tertiary/aromatic N) is 5. The average molecular weight is 422 g/mol. The summed E-state index contributed by atoms with van der Waals surface area (Å²) in [5.41, 5.74) is 1.35. The number of amides is 2. The van der Waals surface area contributed by atoms with Crippen LogP contribution in [-0.2, 0) is 16.6 Å². The van der Waals surface area contributed by atoms with Crippen LogP contribution in [0.5, 0.6) is 0 Å². The summed E-state index contributed by atoms with van der Waals surface area (Å²) in [6.07, 6.45) is 12.9.